The van der Waals surface area contributed by atoms with Crippen molar-refractivity contribution >= 4 is 0 Å². The Hall–Kier alpha value is -1.02. The number of hydrogen-bond donors (Lipinski definition) is 1. The fourth-order valence-corrected chi connectivity index (χ4v) is 3.80. The second kappa shape index (κ2) is 6.17. The largest absolute Gasteiger partial charge is 0.494 e. The van der Waals surface area contributed by atoms with Gasteiger partial charge in [-0.05, 0) is 43.1 Å². The Morgan fingerprint density at radius 2 is 1.95 bits per heavy atom. The zero-order valence-electron chi connectivity index (χ0n) is 13.4. The molecule has 0 spiro atoms. The first-order chi connectivity index (χ1) is 9.46. The maximum absolute atomic E-state index is 6.48. The fraction of sp³-hybridized carbons (Fsp3) is 0.667. The fourth-order valence-electron chi connectivity index (χ4n) is 3.80. The van der Waals surface area contributed by atoms with E-state index in [1.54, 1.807) is 0 Å². The summed E-state index contributed by atoms with van der Waals surface area (Å²) in [6.07, 6.45) is 3.65. The van der Waals surface area contributed by atoms with Gasteiger partial charge in [-0.25, -0.2) is 0 Å². The molecular weight excluding hydrogens is 246 g/mol. The van der Waals surface area contributed by atoms with Gasteiger partial charge in [0.2, 0.25) is 0 Å². The summed E-state index contributed by atoms with van der Waals surface area (Å²) in [6.45, 7) is 9.71. The SMILES string of the molecule is CCOc1ccccc1C(C)(C)C1CCC(C)CC1N. The van der Waals surface area contributed by atoms with E-state index in [-0.39, 0.29) is 5.41 Å². The number of para-hydroxylation sites is 1. The molecule has 2 rings (SSSR count). The summed E-state index contributed by atoms with van der Waals surface area (Å²) in [4.78, 5) is 0. The highest BCUT2D eigenvalue weighted by Gasteiger charge is 2.39. The Kier molecular flexibility index (Phi) is 4.74. The number of benzene rings is 1. The predicted octanol–water partition coefficient (Wildman–Crippen LogP) is 4.13. The molecule has 3 atom stereocenters. The van der Waals surface area contributed by atoms with Gasteiger partial charge in [-0.15, -0.1) is 0 Å². The van der Waals surface area contributed by atoms with Gasteiger partial charge in [0.15, 0.2) is 0 Å². The van der Waals surface area contributed by atoms with E-state index in [1.807, 2.05) is 13.0 Å². The molecule has 2 N–H and O–H groups in total. The van der Waals surface area contributed by atoms with Crippen LogP contribution in [0.25, 0.3) is 0 Å². The van der Waals surface area contributed by atoms with Crippen LogP contribution in [0.3, 0.4) is 0 Å². The van der Waals surface area contributed by atoms with Crippen LogP contribution in [0.2, 0.25) is 0 Å². The van der Waals surface area contributed by atoms with Gasteiger partial charge in [-0.2, -0.15) is 0 Å². The normalized spacial score (nSPS) is 27.4. The minimum absolute atomic E-state index is 0.0608. The van der Waals surface area contributed by atoms with Gasteiger partial charge in [0.25, 0.3) is 0 Å². The van der Waals surface area contributed by atoms with Crippen LogP contribution in [0.5, 0.6) is 5.75 Å². The molecule has 0 aromatic heterocycles. The van der Waals surface area contributed by atoms with Gasteiger partial charge in [0.05, 0.1) is 6.61 Å². The molecule has 1 aromatic carbocycles. The minimum atomic E-state index is 0.0608. The molecule has 1 fully saturated rings. The predicted molar refractivity (Wildman–Crippen MR) is 85.1 cm³/mol. The molecule has 0 amide bonds. The highest BCUT2D eigenvalue weighted by Crippen LogP contribution is 2.44. The number of ether oxygens (including phenoxy) is 1. The second-order valence-electron chi connectivity index (χ2n) is 6.84. The summed E-state index contributed by atoms with van der Waals surface area (Å²) in [6, 6.07) is 8.74. The van der Waals surface area contributed by atoms with Crippen LogP contribution in [0, 0.1) is 11.8 Å². The molecular formula is C18H29NO. The van der Waals surface area contributed by atoms with Crippen molar-refractivity contribution < 1.29 is 4.74 Å². The molecule has 0 bridgehead atoms. The van der Waals surface area contributed by atoms with E-state index in [1.165, 1.54) is 18.4 Å². The summed E-state index contributed by atoms with van der Waals surface area (Å²) in [7, 11) is 0. The van der Waals surface area contributed by atoms with Crippen molar-refractivity contribution in [3.8, 4) is 5.75 Å². The first kappa shape index (κ1) is 15.4. The minimum Gasteiger partial charge on any atom is -0.494 e. The van der Waals surface area contributed by atoms with E-state index in [9.17, 15) is 0 Å². The smallest absolute Gasteiger partial charge is 0.123 e. The molecule has 2 nitrogen and oxygen atoms in total. The van der Waals surface area contributed by atoms with Crippen LogP contribution in [0.15, 0.2) is 24.3 Å². The van der Waals surface area contributed by atoms with E-state index < -0.39 is 0 Å². The van der Waals surface area contributed by atoms with Gasteiger partial charge in [-0.1, -0.05) is 45.4 Å². The van der Waals surface area contributed by atoms with Crippen LogP contribution in [-0.2, 0) is 5.41 Å². The lowest BCUT2D eigenvalue weighted by molar-refractivity contribution is 0.167. The van der Waals surface area contributed by atoms with Gasteiger partial charge >= 0.3 is 0 Å². The molecule has 1 saturated carbocycles. The first-order valence-corrected chi connectivity index (χ1v) is 7.94. The molecule has 0 saturated heterocycles. The van der Waals surface area contributed by atoms with Crippen molar-refractivity contribution in [3.05, 3.63) is 29.8 Å². The summed E-state index contributed by atoms with van der Waals surface area (Å²) in [5, 5.41) is 0. The second-order valence-corrected chi connectivity index (χ2v) is 6.84. The maximum Gasteiger partial charge on any atom is 0.123 e. The topological polar surface area (TPSA) is 35.2 Å². The molecule has 1 aliphatic carbocycles. The van der Waals surface area contributed by atoms with Gasteiger partial charge in [0.1, 0.15) is 5.75 Å². The zero-order valence-corrected chi connectivity index (χ0v) is 13.4. The molecule has 20 heavy (non-hydrogen) atoms. The maximum atomic E-state index is 6.48. The number of hydrogen-bond acceptors (Lipinski definition) is 2. The third-order valence-electron chi connectivity index (χ3n) is 4.97. The Labute approximate surface area is 123 Å². The van der Waals surface area contributed by atoms with Gasteiger partial charge < -0.3 is 10.5 Å². The molecule has 1 aromatic rings. The van der Waals surface area contributed by atoms with Crippen LogP contribution in [0.4, 0.5) is 0 Å². The average Bonchev–Trinajstić information content (AvgIpc) is 2.39. The molecule has 0 aliphatic heterocycles. The van der Waals surface area contributed by atoms with Crippen LogP contribution >= 0.6 is 0 Å². The van der Waals surface area contributed by atoms with Gasteiger partial charge in [0, 0.05) is 11.6 Å². The Bertz CT molecular complexity index is 441. The third-order valence-corrected chi connectivity index (χ3v) is 4.97. The summed E-state index contributed by atoms with van der Waals surface area (Å²) in [5.41, 5.74) is 7.84. The number of nitrogens with two attached hydrogens (primary N) is 1. The van der Waals surface area contributed by atoms with Crippen LogP contribution < -0.4 is 10.5 Å². The summed E-state index contributed by atoms with van der Waals surface area (Å²) in [5.74, 6) is 2.31. The van der Waals surface area contributed by atoms with Crippen LogP contribution in [-0.4, -0.2) is 12.6 Å². The van der Waals surface area contributed by atoms with E-state index in [4.69, 9.17) is 10.5 Å². The van der Waals surface area contributed by atoms with E-state index in [0.29, 0.717) is 18.6 Å². The Morgan fingerprint density at radius 3 is 2.60 bits per heavy atom. The molecule has 0 radical (unpaired) electrons. The van der Waals surface area contributed by atoms with Crippen LogP contribution in [0.1, 0.15) is 52.5 Å². The highest BCUT2D eigenvalue weighted by atomic mass is 16.5. The zero-order chi connectivity index (χ0) is 14.8. The lowest BCUT2D eigenvalue weighted by atomic mass is 9.63. The molecule has 3 unspecified atom stereocenters. The lowest BCUT2D eigenvalue weighted by Gasteiger charge is -2.43. The molecule has 1 aliphatic rings. The van der Waals surface area contributed by atoms with Crippen molar-refractivity contribution in [3.63, 3.8) is 0 Å². The van der Waals surface area contributed by atoms with Crippen molar-refractivity contribution in [1.82, 2.24) is 0 Å². The van der Waals surface area contributed by atoms with E-state index in [0.717, 1.165) is 18.1 Å². The lowest BCUT2D eigenvalue weighted by Crippen LogP contribution is -2.45. The molecule has 2 heteroatoms. The van der Waals surface area contributed by atoms with E-state index >= 15 is 0 Å². The standard InChI is InChI=1S/C18H29NO/c1-5-20-17-9-7-6-8-15(17)18(3,4)14-11-10-13(2)12-16(14)19/h6-9,13-14,16H,5,10-12,19H2,1-4H3. The summed E-state index contributed by atoms with van der Waals surface area (Å²) >= 11 is 0. The Morgan fingerprint density at radius 1 is 1.25 bits per heavy atom. The quantitative estimate of drug-likeness (QED) is 0.897. The van der Waals surface area contributed by atoms with Crippen molar-refractivity contribution in [2.45, 2.75) is 58.4 Å². The molecule has 112 valence electrons. The van der Waals surface area contributed by atoms with Crippen molar-refractivity contribution in [1.29, 1.82) is 0 Å². The Balaban J connectivity index is 2.29. The van der Waals surface area contributed by atoms with Gasteiger partial charge in [-0.3, -0.25) is 0 Å². The first-order valence-electron chi connectivity index (χ1n) is 7.94. The van der Waals surface area contributed by atoms with Crippen molar-refractivity contribution in [2.24, 2.45) is 17.6 Å². The highest BCUT2D eigenvalue weighted by molar-refractivity contribution is 5.39. The summed E-state index contributed by atoms with van der Waals surface area (Å²) < 4.78 is 5.83. The van der Waals surface area contributed by atoms with Crippen molar-refractivity contribution in [2.75, 3.05) is 6.61 Å². The third kappa shape index (κ3) is 3.01. The number of rotatable bonds is 4. The van der Waals surface area contributed by atoms with E-state index in [2.05, 4.69) is 39.0 Å². The average molecular weight is 275 g/mol. The monoisotopic (exact) mass is 275 g/mol. The molecule has 0 heterocycles.